The highest BCUT2D eigenvalue weighted by molar-refractivity contribution is 6.39. The van der Waals surface area contributed by atoms with Gasteiger partial charge in [-0.05, 0) is 49.9 Å². The van der Waals surface area contributed by atoms with E-state index in [1.165, 1.54) is 0 Å². The van der Waals surface area contributed by atoms with Gasteiger partial charge in [0.2, 0.25) is 0 Å². The smallest absolute Gasteiger partial charge is 0.313 e. The predicted octanol–water partition coefficient (Wildman–Crippen LogP) is 2.89. The van der Waals surface area contributed by atoms with Gasteiger partial charge in [0.15, 0.2) is 0 Å². The van der Waals surface area contributed by atoms with E-state index in [4.69, 9.17) is 0 Å². The third-order valence-corrected chi connectivity index (χ3v) is 3.23. The van der Waals surface area contributed by atoms with Crippen LogP contribution in [-0.4, -0.2) is 29.8 Å². The molecule has 0 saturated heterocycles. The van der Waals surface area contributed by atoms with Crippen LogP contribution in [0.25, 0.3) is 0 Å². The molecule has 0 aliphatic heterocycles. The van der Waals surface area contributed by atoms with Gasteiger partial charge in [-0.1, -0.05) is 19.9 Å². The Bertz CT molecular complexity index is 477. The zero-order chi connectivity index (χ0) is 15.1. The molecule has 0 spiro atoms. The number of carbonyl (C=O) groups excluding carboxylic acids is 2. The molecule has 2 amide bonds. The van der Waals surface area contributed by atoms with Gasteiger partial charge in [0.05, 0.1) is 0 Å². The lowest BCUT2D eigenvalue weighted by Crippen LogP contribution is -2.40. The molecule has 0 aliphatic rings. The van der Waals surface area contributed by atoms with Crippen LogP contribution < -0.4 is 5.32 Å². The number of amides is 2. The van der Waals surface area contributed by atoms with E-state index in [0.29, 0.717) is 18.8 Å². The molecule has 0 unspecified atom stereocenters. The third-order valence-electron chi connectivity index (χ3n) is 3.23. The summed E-state index contributed by atoms with van der Waals surface area (Å²) in [6, 6.07) is 5.63. The molecule has 0 aromatic heterocycles. The lowest BCUT2D eigenvalue weighted by atomic mass is 10.1. The summed E-state index contributed by atoms with van der Waals surface area (Å²) < 4.78 is 0. The van der Waals surface area contributed by atoms with Crippen LogP contribution in [0.1, 0.15) is 37.8 Å². The first-order valence-electron chi connectivity index (χ1n) is 7.17. The minimum Gasteiger partial charge on any atom is -0.334 e. The van der Waals surface area contributed by atoms with Crippen molar-refractivity contribution in [2.24, 2.45) is 0 Å². The average molecular weight is 276 g/mol. The Morgan fingerprint density at radius 3 is 2.15 bits per heavy atom. The number of aryl methyl sites for hydroxylation is 2. The second-order valence-corrected chi connectivity index (χ2v) is 5.05. The molecule has 20 heavy (non-hydrogen) atoms. The van der Waals surface area contributed by atoms with Crippen molar-refractivity contribution in [3.8, 4) is 0 Å². The summed E-state index contributed by atoms with van der Waals surface area (Å²) in [5, 5.41) is 2.68. The molecule has 1 aromatic carbocycles. The van der Waals surface area contributed by atoms with Crippen molar-refractivity contribution in [2.75, 3.05) is 18.4 Å². The SMILES string of the molecule is CCCN(CCC)C(=O)C(=O)Nc1ccc(C)c(C)c1. The fraction of sp³-hybridized carbons (Fsp3) is 0.500. The number of benzene rings is 1. The van der Waals surface area contributed by atoms with Crippen LogP contribution in [0.4, 0.5) is 5.69 Å². The second kappa shape index (κ2) is 7.68. The van der Waals surface area contributed by atoms with Crippen molar-refractivity contribution in [2.45, 2.75) is 40.5 Å². The van der Waals surface area contributed by atoms with Crippen LogP contribution in [0.2, 0.25) is 0 Å². The van der Waals surface area contributed by atoms with Gasteiger partial charge < -0.3 is 10.2 Å². The molecular weight excluding hydrogens is 252 g/mol. The average Bonchev–Trinajstić information content (AvgIpc) is 2.42. The summed E-state index contributed by atoms with van der Waals surface area (Å²) in [6.07, 6.45) is 1.70. The monoisotopic (exact) mass is 276 g/mol. The predicted molar refractivity (Wildman–Crippen MR) is 81.7 cm³/mol. The normalized spacial score (nSPS) is 10.2. The molecule has 110 valence electrons. The zero-order valence-electron chi connectivity index (χ0n) is 12.8. The Balaban J connectivity index is 2.73. The van der Waals surface area contributed by atoms with Crippen LogP contribution in [0.15, 0.2) is 18.2 Å². The molecule has 1 N–H and O–H groups in total. The molecule has 0 bridgehead atoms. The number of anilines is 1. The molecule has 1 aromatic rings. The largest absolute Gasteiger partial charge is 0.334 e. The first kappa shape index (κ1) is 16.2. The van der Waals surface area contributed by atoms with E-state index in [1.54, 1.807) is 4.90 Å². The highest BCUT2D eigenvalue weighted by Gasteiger charge is 2.20. The summed E-state index contributed by atoms with van der Waals surface area (Å²) in [4.78, 5) is 25.7. The Morgan fingerprint density at radius 2 is 1.65 bits per heavy atom. The Hall–Kier alpha value is -1.84. The molecule has 0 fully saturated rings. The van der Waals surface area contributed by atoms with Gasteiger partial charge in [0.1, 0.15) is 0 Å². The van der Waals surface area contributed by atoms with Crippen LogP contribution in [-0.2, 0) is 9.59 Å². The van der Waals surface area contributed by atoms with Crippen LogP contribution in [0, 0.1) is 13.8 Å². The minimum atomic E-state index is -0.560. The van der Waals surface area contributed by atoms with Crippen molar-refractivity contribution in [3.63, 3.8) is 0 Å². The summed E-state index contributed by atoms with van der Waals surface area (Å²) in [5.41, 5.74) is 2.92. The van der Waals surface area contributed by atoms with Crippen molar-refractivity contribution in [3.05, 3.63) is 29.3 Å². The molecule has 4 heteroatoms. The number of hydrogen-bond acceptors (Lipinski definition) is 2. The van der Waals surface area contributed by atoms with E-state index >= 15 is 0 Å². The number of rotatable bonds is 5. The number of carbonyl (C=O) groups is 2. The molecule has 1 rings (SSSR count). The Kier molecular flexibility index (Phi) is 6.22. The second-order valence-electron chi connectivity index (χ2n) is 5.05. The van der Waals surface area contributed by atoms with Crippen molar-refractivity contribution < 1.29 is 9.59 Å². The van der Waals surface area contributed by atoms with Gasteiger partial charge in [-0.15, -0.1) is 0 Å². The Labute approximate surface area is 121 Å². The fourth-order valence-corrected chi connectivity index (χ4v) is 2.00. The van der Waals surface area contributed by atoms with E-state index in [2.05, 4.69) is 5.32 Å². The maximum Gasteiger partial charge on any atom is 0.313 e. The van der Waals surface area contributed by atoms with E-state index in [9.17, 15) is 9.59 Å². The quantitative estimate of drug-likeness (QED) is 0.841. The molecule has 0 radical (unpaired) electrons. The van der Waals surface area contributed by atoms with Gasteiger partial charge in [0, 0.05) is 18.8 Å². The summed E-state index contributed by atoms with van der Waals surface area (Å²) >= 11 is 0. The van der Waals surface area contributed by atoms with Crippen molar-refractivity contribution >= 4 is 17.5 Å². The van der Waals surface area contributed by atoms with Crippen molar-refractivity contribution in [1.29, 1.82) is 0 Å². The zero-order valence-corrected chi connectivity index (χ0v) is 12.8. The van der Waals surface area contributed by atoms with E-state index in [1.807, 2.05) is 45.9 Å². The van der Waals surface area contributed by atoms with E-state index in [-0.39, 0.29) is 0 Å². The van der Waals surface area contributed by atoms with Crippen LogP contribution >= 0.6 is 0 Å². The molecule has 0 aliphatic carbocycles. The Morgan fingerprint density at radius 1 is 1.05 bits per heavy atom. The summed E-state index contributed by atoms with van der Waals surface area (Å²) in [5.74, 6) is -1.01. The maximum absolute atomic E-state index is 12.1. The van der Waals surface area contributed by atoms with Gasteiger partial charge in [-0.3, -0.25) is 9.59 Å². The van der Waals surface area contributed by atoms with Crippen molar-refractivity contribution in [1.82, 2.24) is 4.90 Å². The first-order chi connectivity index (χ1) is 9.49. The lowest BCUT2D eigenvalue weighted by Gasteiger charge is -2.20. The number of nitrogens with one attached hydrogen (secondary N) is 1. The molecule has 4 nitrogen and oxygen atoms in total. The lowest BCUT2D eigenvalue weighted by molar-refractivity contribution is -0.143. The maximum atomic E-state index is 12.1. The van der Waals surface area contributed by atoms with Gasteiger partial charge >= 0.3 is 11.8 Å². The molecular formula is C16H24N2O2. The van der Waals surface area contributed by atoms with Crippen LogP contribution in [0.3, 0.4) is 0 Å². The summed E-state index contributed by atoms with van der Waals surface area (Å²) in [7, 11) is 0. The highest BCUT2D eigenvalue weighted by atomic mass is 16.2. The number of hydrogen-bond donors (Lipinski definition) is 1. The first-order valence-corrected chi connectivity index (χ1v) is 7.17. The van der Waals surface area contributed by atoms with Gasteiger partial charge in [-0.2, -0.15) is 0 Å². The standard InChI is InChI=1S/C16H24N2O2/c1-5-9-18(10-6-2)16(20)15(19)17-14-8-7-12(3)13(4)11-14/h7-8,11H,5-6,9-10H2,1-4H3,(H,17,19). The van der Waals surface area contributed by atoms with E-state index in [0.717, 1.165) is 24.0 Å². The third kappa shape index (κ3) is 4.37. The number of nitrogens with zero attached hydrogens (tertiary/aromatic N) is 1. The van der Waals surface area contributed by atoms with E-state index < -0.39 is 11.8 Å². The molecule has 0 atom stereocenters. The van der Waals surface area contributed by atoms with Gasteiger partial charge in [-0.25, -0.2) is 0 Å². The highest BCUT2D eigenvalue weighted by Crippen LogP contribution is 2.14. The molecule has 0 heterocycles. The van der Waals surface area contributed by atoms with Crippen LogP contribution in [0.5, 0.6) is 0 Å². The van der Waals surface area contributed by atoms with Gasteiger partial charge in [0.25, 0.3) is 0 Å². The summed E-state index contributed by atoms with van der Waals surface area (Å²) in [6.45, 7) is 9.22. The fourth-order valence-electron chi connectivity index (χ4n) is 2.00. The topological polar surface area (TPSA) is 49.4 Å². The molecule has 0 saturated carbocycles. The minimum absolute atomic E-state index is 0.452.